The first-order valence-corrected chi connectivity index (χ1v) is 10.0. The van der Waals surface area contributed by atoms with Gasteiger partial charge in [-0.1, -0.05) is 0 Å². The van der Waals surface area contributed by atoms with Gasteiger partial charge in [0.1, 0.15) is 11.9 Å². The van der Waals surface area contributed by atoms with Crippen molar-refractivity contribution in [3.05, 3.63) is 23.9 Å². The molecule has 2 atom stereocenters. The number of nitrogens with zero attached hydrogens (tertiary/aromatic N) is 3. The minimum Gasteiger partial charge on any atom is -0.490 e. The summed E-state index contributed by atoms with van der Waals surface area (Å²) in [5.41, 5.74) is 1.71. The van der Waals surface area contributed by atoms with Gasteiger partial charge in [-0.2, -0.15) is 5.10 Å². The molecule has 1 aromatic heterocycles. The lowest BCUT2D eigenvalue weighted by Crippen LogP contribution is -2.61. The third-order valence-electron chi connectivity index (χ3n) is 6.91. The zero-order chi connectivity index (χ0) is 18.0. The van der Waals surface area contributed by atoms with Crippen LogP contribution in [0, 0.1) is 0 Å². The van der Waals surface area contributed by atoms with Gasteiger partial charge in [0.25, 0.3) is 5.91 Å². The first-order valence-electron chi connectivity index (χ1n) is 10.0. The van der Waals surface area contributed by atoms with E-state index < -0.39 is 0 Å². The monoisotopic (exact) mass is 368 g/mol. The third kappa shape index (κ3) is 2.34. The average Bonchev–Trinajstić information content (AvgIpc) is 3.33. The summed E-state index contributed by atoms with van der Waals surface area (Å²) in [5, 5.41) is 8.24. The molecule has 2 aromatic rings. The van der Waals surface area contributed by atoms with Crippen molar-refractivity contribution in [2.75, 3.05) is 32.8 Å². The van der Waals surface area contributed by atoms with E-state index >= 15 is 0 Å². The second kappa shape index (κ2) is 5.69. The first kappa shape index (κ1) is 15.9. The Bertz CT molecular complexity index is 906. The topological polar surface area (TPSA) is 70.7 Å². The second-order valence-corrected chi connectivity index (χ2v) is 8.27. The molecule has 1 N–H and O–H groups in total. The Morgan fingerprint density at radius 1 is 1.26 bits per heavy atom. The standard InChI is InChI=1S/C20H24N4O3/c25-19(24-8-7-23-6-5-20(23)12-17(20)24)18-15-11-14(1-2-16(15)21-22-18)27-13-3-9-26-10-4-13/h1-2,11,13,17H,3-10,12H2,(H,21,22). The number of amides is 1. The van der Waals surface area contributed by atoms with Gasteiger partial charge in [0.2, 0.25) is 0 Å². The van der Waals surface area contributed by atoms with Crippen LogP contribution in [-0.4, -0.2) is 76.4 Å². The number of carbonyl (C=O) groups excluding carboxylic acids is 1. The van der Waals surface area contributed by atoms with Crippen molar-refractivity contribution < 1.29 is 14.3 Å². The summed E-state index contributed by atoms with van der Waals surface area (Å²) in [6.07, 6.45) is 4.35. The van der Waals surface area contributed by atoms with E-state index in [9.17, 15) is 4.79 Å². The smallest absolute Gasteiger partial charge is 0.275 e. The van der Waals surface area contributed by atoms with Crippen molar-refractivity contribution in [1.82, 2.24) is 20.0 Å². The number of nitrogens with one attached hydrogen (secondary N) is 1. The number of aromatic nitrogens is 2. The fourth-order valence-electron chi connectivity index (χ4n) is 5.16. The number of H-pyrrole nitrogens is 1. The van der Waals surface area contributed by atoms with Crippen LogP contribution in [0.3, 0.4) is 0 Å². The normalized spacial score (nSPS) is 30.5. The number of fused-ring (bicyclic) bond motifs is 1. The maximum atomic E-state index is 13.3. The Balaban J connectivity index is 1.26. The van der Waals surface area contributed by atoms with E-state index in [1.54, 1.807) is 0 Å². The highest BCUT2D eigenvalue weighted by molar-refractivity contribution is 6.05. The Morgan fingerprint density at radius 3 is 2.96 bits per heavy atom. The van der Waals surface area contributed by atoms with Gasteiger partial charge < -0.3 is 14.4 Å². The summed E-state index contributed by atoms with van der Waals surface area (Å²) in [4.78, 5) is 17.9. The fourth-order valence-corrected chi connectivity index (χ4v) is 5.16. The van der Waals surface area contributed by atoms with Crippen LogP contribution in [0.25, 0.3) is 10.9 Å². The molecule has 1 aliphatic carbocycles. The predicted molar refractivity (Wildman–Crippen MR) is 98.9 cm³/mol. The maximum absolute atomic E-state index is 13.3. The molecule has 4 fully saturated rings. The number of carbonyl (C=O) groups is 1. The van der Waals surface area contributed by atoms with Crippen molar-refractivity contribution >= 4 is 16.8 Å². The van der Waals surface area contributed by atoms with Crippen LogP contribution in [0.1, 0.15) is 36.2 Å². The summed E-state index contributed by atoms with van der Waals surface area (Å²) >= 11 is 0. The minimum atomic E-state index is 0.0536. The minimum absolute atomic E-state index is 0.0536. The number of aromatic amines is 1. The van der Waals surface area contributed by atoms with Gasteiger partial charge in [-0.25, -0.2) is 0 Å². The molecular formula is C20H24N4O3. The molecule has 7 nitrogen and oxygen atoms in total. The molecule has 3 aliphatic heterocycles. The zero-order valence-electron chi connectivity index (χ0n) is 15.3. The van der Waals surface area contributed by atoms with Gasteiger partial charge in [-0.15, -0.1) is 0 Å². The number of benzene rings is 1. The Hall–Kier alpha value is -2.12. The van der Waals surface area contributed by atoms with Crippen molar-refractivity contribution in [1.29, 1.82) is 0 Å². The molecule has 4 heterocycles. The number of hydrogen-bond acceptors (Lipinski definition) is 5. The number of piperazine rings is 1. The summed E-state index contributed by atoms with van der Waals surface area (Å²) in [5.74, 6) is 0.856. The molecule has 1 saturated carbocycles. The van der Waals surface area contributed by atoms with E-state index in [-0.39, 0.29) is 12.0 Å². The number of ether oxygens (including phenoxy) is 2. The number of rotatable bonds is 3. The second-order valence-electron chi connectivity index (χ2n) is 8.27. The van der Waals surface area contributed by atoms with Crippen molar-refractivity contribution in [3.8, 4) is 5.75 Å². The molecule has 0 radical (unpaired) electrons. The quantitative estimate of drug-likeness (QED) is 0.895. The van der Waals surface area contributed by atoms with E-state index in [4.69, 9.17) is 9.47 Å². The maximum Gasteiger partial charge on any atom is 0.275 e. The van der Waals surface area contributed by atoms with Gasteiger partial charge in [0.15, 0.2) is 5.69 Å². The summed E-state index contributed by atoms with van der Waals surface area (Å²) < 4.78 is 11.5. The van der Waals surface area contributed by atoms with Crippen molar-refractivity contribution in [3.63, 3.8) is 0 Å². The molecule has 27 heavy (non-hydrogen) atoms. The molecule has 6 rings (SSSR count). The lowest BCUT2D eigenvalue weighted by molar-refractivity contribution is -0.0000638. The molecule has 3 saturated heterocycles. The highest BCUT2D eigenvalue weighted by atomic mass is 16.5. The van der Waals surface area contributed by atoms with Crippen LogP contribution < -0.4 is 4.74 Å². The highest BCUT2D eigenvalue weighted by Gasteiger charge is 2.67. The summed E-state index contributed by atoms with van der Waals surface area (Å²) in [6.45, 7) is 4.48. The largest absolute Gasteiger partial charge is 0.490 e. The van der Waals surface area contributed by atoms with E-state index in [1.807, 2.05) is 18.2 Å². The van der Waals surface area contributed by atoms with Gasteiger partial charge in [0.05, 0.1) is 24.8 Å². The molecule has 7 heteroatoms. The number of hydrogen-bond donors (Lipinski definition) is 1. The first-order chi connectivity index (χ1) is 13.2. The van der Waals surface area contributed by atoms with E-state index in [1.165, 1.54) is 13.0 Å². The van der Waals surface area contributed by atoms with Crippen LogP contribution in [0.4, 0.5) is 0 Å². The highest BCUT2D eigenvalue weighted by Crippen LogP contribution is 2.56. The molecule has 2 unspecified atom stereocenters. The van der Waals surface area contributed by atoms with Crippen LogP contribution >= 0.6 is 0 Å². The SMILES string of the molecule is O=C(c1n[nH]c2ccc(OC3CCOCC3)cc12)N1CCN2CCC23CC13. The van der Waals surface area contributed by atoms with Gasteiger partial charge >= 0.3 is 0 Å². The van der Waals surface area contributed by atoms with Gasteiger partial charge in [-0.05, 0) is 31.0 Å². The van der Waals surface area contributed by atoms with E-state index in [0.717, 1.165) is 62.2 Å². The molecule has 0 bridgehead atoms. The third-order valence-corrected chi connectivity index (χ3v) is 6.91. The average molecular weight is 368 g/mol. The summed E-state index contributed by atoms with van der Waals surface area (Å²) in [7, 11) is 0. The van der Waals surface area contributed by atoms with Crippen LogP contribution in [-0.2, 0) is 4.74 Å². The Morgan fingerprint density at radius 2 is 2.15 bits per heavy atom. The zero-order valence-corrected chi connectivity index (χ0v) is 15.3. The Kier molecular flexibility index (Phi) is 3.35. The molecule has 1 spiro atoms. The van der Waals surface area contributed by atoms with Crippen LogP contribution in [0.15, 0.2) is 18.2 Å². The Labute approximate surface area is 157 Å². The molecule has 1 aromatic carbocycles. The van der Waals surface area contributed by atoms with Crippen molar-refractivity contribution in [2.24, 2.45) is 0 Å². The van der Waals surface area contributed by atoms with Crippen LogP contribution in [0.5, 0.6) is 5.75 Å². The summed E-state index contributed by atoms with van der Waals surface area (Å²) in [6, 6.07) is 6.24. The molecule has 4 aliphatic rings. The van der Waals surface area contributed by atoms with Gasteiger partial charge in [0, 0.05) is 43.4 Å². The van der Waals surface area contributed by atoms with Crippen LogP contribution in [0.2, 0.25) is 0 Å². The predicted octanol–water partition coefficient (Wildman–Crippen LogP) is 1.79. The van der Waals surface area contributed by atoms with E-state index in [0.29, 0.717) is 17.3 Å². The lowest BCUT2D eigenvalue weighted by atomic mass is 9.97. The molecule has 1 amide bonds. The fraction of sp³-hybridized carbons (Fsp3) is 0.600. The van der Waals surface area contributed by atoms with E-state index in [2.05, 4.69) is 20.0 Å². The van der Waals surface area contributed by atoms with Gasteiger partial charge in [-0.3, -0.25) is 14.8 Å². The molecular weight excluding hydrogens is 344 g/mol. The van der Waals surface area contributed by atoms with Crippen molar-refractivity contribution in [2.45, 2.75) is 43.4 Å². The molecule has 142 valence electrons. The lowest BCUT2D eigenvalue weighted by Gasteiger charge is -2.48.